The van der Waals surface area contributed by atoms with Crippen LogP contribution < -0.4 is 9.47 Å². The molecule has 10 heteroatoms. The Bertz CT molecular complexity index is 1160. The van der Waals surface area contributed by atoms with Crippen LogP contribution in [-0.4, -0.2) is 22.9 Å². The molecule has 7 nitrogen and oxygen atoms in total. The van der Waals surface area contributed by atoms with E-state index in [0.717, 1.165) is 31.6 Å². The minimum Gasteiger partial charge on any atom is -0.487 e. The zero-order valence-electron chi connectivity index (χ0n) is 18.6. The summed E-state index contributed by atoms with van der Waals surface area (Å²) in [6, 6.07) is 13.4. The molecule has 0 saturated heterocycles. The lowest BCUT2D eigenvalue weighted by Crippen LogP contribution is -2.16. The van der Waals surface area contributed by atoms with E-state index in [1.54, 1.807) is 23.4 Å². The van der Waals surface area contributed by atoms with Crippen LogP contribution in [0.3, 0.4) is 0 Å². The van der Waals surface area contributed by atoms with Gasteiger partial charge in [-0.15, -0.1) is 13.2 Å². The van der Waals surface area contributed by atoms with Gasteiger partial charge in [-0.1, -0.05) is 24.3 Å². The molecule has 0 radical (unpaired) electrons. The highest BCUT2D eigenvalue weighted by atomic mass is 19.4. The summed E-state index contributed by atoms with van der Waals surface area (Å²) in [4.78, 5) is 4.33. The first kappa shape index (κ1) is 24.0. The second-order valence-corrected chi connectivity index (χ2v) is 7.63. The Morgan fingerprint density at radius 1 is 0.971 bits per heavy atom. The average molecular weight is 483 g/mol. The van der Waals surface area contributed by atoms with Gasteiger partial charge in [-0.3, -0.25) is 0 Å². The van der Waals surface area contributed by atoms with E-state index in [2.05, 4.69) is 26.3 Å². The molecule has 0 spiro atoms. The molecule has 1 aliphatic rings. The lowest BCUT2D eigenvalue weighted by Gasteiger charge is -2.08. The lowest BCUT2D eigenvalue weighted by molar-refractivity contribution is -0.274. The molecule has 2 aromatic carbocycles. The van der Waals surface area contributed by atoms with Crippen LogP contribution in [0.15, 0.2) is 75.7 Å². The number of aryl methyl sites for hydroxylation is 1. The van der Waals surface area contributed by atoms with Crippen molar-refractivity contribution in [1.82, 2.24) is 9.99 Å². The van der Waals surface area contributed by atoms with Crippen molar-refractivity contribution in [3.63, 3.8) is 0 Å². The predicted molar refractivity (Wildman–Crippen MR) is 122 cm³/mol. The molecule has 0 saturated carbocycles. The first-order valence-corrected chi connectivity index (χ1v) is 10.9. The standard InChI is InChI=1S/C25H22F3N4O3/c26-25(27,28)35-23-11-6-20(7-12-23)8-13-24-30-21(18-34-24)17-33-22-9-4-19(5-10-22)3-1-2-15-32-16-14-29-31-32/h4-13,16,18H,1-3,15,17H2/q+1. The van der Waals surface area contributed by atoms with Gasteiger partial charge in [0.05, 0.1) is 0 Å². The summed E-state index contributed by atoms with van der Waals surface area (Å²) in [7, 11) is 0. The van der Waals surface area contributed by atoms with Crippen molar-refractivity contribution in [2.24, 2.45) is 10.3 Å². The highest BCUT2D eigenvalue weighted by Gasteiger charge is 2.30. The van der Waals surface area contributed by atoms with Gasteiger partial charge in [-0.05, 0) is 66.0 Å². The number of alkyl halides is 3. The number of nitrogens with zero attached hydrogens (tertiary/aromatic N) is 4. The Hall–Kier alpha value is -4.17. The molecule has 1 aliphatic heterocycles. The van der Waals surface area contributed by atoms with Crippen LogP contribution in [0.5, 0.6) is 11.5 Å². The maximum absolute atomic E-state index is 12.2. The highest BCUT2D eigenvalue weighted by molar-refractivity contribution is 5.66. The fourth-order valence-electron chi connectivity index (χ4n) is 3.24. The molecule has 0 unspecified atom stereocenters. The van der Waals surface area contributed by atoms with E-state index >= 15 is 0 Å². The molecular formula is C25H22F3N4O3+. The molecule has 4 rings (SSSR count). The zero-order chi connectivity index (χ0) is 24.5. The molecular weight excluding hydrogens is 461 g/mol. The molecule has 0 amide bonds. The van der Waals surface area contributed by atoms with Crippen LogP contribution in [0, 0.1) is 6.20 Å². The van der Waals surface area contributed by atoms with Gasteiger partial charge in [0.25, 0.3) is 0 Å². The van der Waals surface area contributed by atoms with Crippen molar-refractivity contribution < 1.29 is 27.1 Å². The van der Waals surface area contributed by atoms with Crippen molar-refractivity contribution in [1.29, 1.82) is 0 Å². The Morgan fingerprint density at radius 3 is 2.46 bits per heavy atom. The van der Waals surface area contributed by atoms with Crippen molar-refractivity contribution in [2.75, 3.05) is 6.54 Å². The number of aromatic nitrogens is 1. The van der Waals surface area contributed by atoms with Crippen LogP contribution in [-0.2, 0) is 13.0 Å². The number of benzene rings is 2. The summed E-state index contributed by atoms with van der Waals surface area (Å²) >= 11 is 0. The maximum atomic E-state index is 12.2. The van der Waals surface area contributed by atoms with Crippen LogP contribution in [0.4, 0.5) is 13.2 Å². The minimum atomic E-state index is -4.71. The molecule has 2 heterocycles. The van der Waals surface area contributed by atoms with E-state index in [9.17, 15) is 13.2 Å². The number of rotatable bonds is 11. The van der Waals surface area contributed by atoms with Crippen molar-refractivity contribution in [2.45, 2.75) is 32.2 Å². The van der Waals surface area contributed by atoms with E-state index in [0.29, 0.717) is 17.1 Å². The summed E-state index contributed by atoms with van der Waals surface area (Å²) < 4.78 is 51.7. The number of hydrogen-bond acceptors (Lipinski definition) is 7. The van der Waals surface area contributed by atoms with E-state index in [-0.39, 0.29) is 12.4 Å². The van der Waals surface area contributed by atoms with Crippen molar-refractivity contribution in [3.05, 3.63) is 89.9 Å². The molecule has 0 aliphatic carbocycles. The Balaban J connectivity index is 1.19. The summed E-state index contributed by atoms with van der Waals surface area (Å²) in [5, 5.41) is 9.34. The molecule has 1 aromatic heterocycles. The van der Waals surface area contributed by atoms with Crippen molar-refractivity contribution >= 4 is 12.2 Å². The molecule has 3 aromatic rings. The van der Waals surface area contributed by atoms with Gasteiger partial charge in [0.2, 0.25) is 5.89 Å². The van der Waals surface area contributed by atoms with Crippen molar-refractivity contribution in [3.8, 4) is 11.5 Å². The fraction of sp³-hybridized carbons (Fsp3) is 0.240. The molecule has 0 atom stereocenters. The Morgan fingerprint density at radius 2 is 1.74 bits per heavy atom. The number of halogens is 3. The second kappa shape index (κ2) is 11.3. The average Bonchev–Trinajstić information content (AvgIpc) is 3.52. The molecule has 0 bridgehead atoms. The molecule has 180 valence electrons. The largest absolute Gasteiger partial charge is 0.573 e. The van der Waals surface area contributed by atoms with Gasteiger partial charge in [0.1, 0.15) is 35.2 Å². The van der Waals surface area contributed by atoms with Crippen LogP contribution >= 0.6 is 0 Å². The summed E-state index contributed by atoms with van der Waals surface area (Å²) in [5.74, 6) is 0.812. The van der Waals surface area contributed by atoms with E-state index in [1.807, 2.05) is 24.3 Å². The molecule has 0 N–H and O–H groups in total. The Kier molecular flexibility index (Phi) is 7.74. The minimum absolute atomic E-state index is 0.245. The van der Waals surface area contributed by atoms with Gasteiger partial charge >= 0.3 is 18.8 Å². The summed E-state index contributed by atoms with van der Waals surface area (Å²) in [6.45, 7) is 1.07. The van der Waals surface area contributed by atoms with Gasteiger partial charge < -0.3 is 13.9 Å². The van der Waals surface area contributed by atoms with Gasteiger partial charge in [-0.25, -0.2) is 9.99 Å². The number of unbranched alkanes of at least 4 members (excludes halogenated alkanes) is 1. The monoisotopic (exact) mass is 483 g/mol. The van der Waals surface area contributed by atoms with Gasteiger partial charge in [-0.2, -0.15) is 0 Å². The van der Waals surface area contributed by atoms with Crippen LogP contribution in [0.2, 0.25) is 0 Å². The SMILES string of the molecule is FC(F)(F)Oc1ccc(C=Cc2nc(COc3ccc(CCCCN4C=[C+]N=N4)cc3)co2)cc1. The quantitative estimate of drug-likeness (QED) is 0.227. The van der Waals surface area contributed by atoms with E-state index < -0.39 is 6.36 Å². The molecule has 0 fully saturated rings. The number of oxazole rings is 1. The van der Waals surface area contributed by atoms with E-state index in [4.69, 9.17) is 9.15 Å². The van der Waals surface area contributed by atoms with Gasteiger partial charge in [0, 0.05) is 12.6 Å². The van der Waals surface area contributed by atoms with E-state index in [1.165, 1.54) is 36.1 Å². The smallest absolute Gasteiger partial charge is 0.487 e. The highest BCUT2D eigenvalue weighted by Crippen LogP contribution is 2.23. The predicted octanol–water partition coefficient (Wildman–Crippen LogP) is 6.60. The fourth-order valence-corrected chi connectivity index (χ4v) is 3.24. The second-order valence-electron chi connectivity index (χ2n) is 7.63. The molecule has 35 heavy (non-hydrogen) atoms. The maximum Gasteiger partial charge on any atom is 0.573 e. The third kappa shape index (κ3) is 7.97. The van der Waals surface area contributed by atoms with Crippen LogP contribution in [0.25, 0.3) is 12.2 Å². The lowest BCUT2D eigenvalue weighted by atomic mass is 10.1. The third-order valence-electron chi connectivity index (χ3n) is 4.94. The van der Waals surface area contributed by atoms with Crippen LogP contribution in [0.1, 0.15) is 35.6 Å². The number of hydrogen-bond donors (Lipinski definition) is 0. The topological polar surface area (TPSA) is 72.5 Å². The van der Waals surface area contributed by atoms with Gasteiger partial charge in [0.15, 0.2) is 0 Å². The first-order valence-electron chi connectivity index (χ1n) is 10.9. The Labute approximate surface area is 200 Å². The summed E-state index contributed by atoms with van der Waals surface area (Å²) in [5.41, 5.74) is 2.52. The first-order chi connectivity index (χ1) is 16.9. The zero-order valence-corrected chi connectivity index (χ0v) is 18.6. The third-order valence-corrected chi connectivity index (χ3v) is 4.94. The number of ether oxygens (including phenoxy) is 2. The normalized spacial score (nSPS) is 12.9. The summed E-state index contributed by atoms with van der Waals surface area (Å²) in [6.07, 6.45) is 7.53.